The zero-order chi connectivity index (χ0) is 17.6. The maximum atomic E-state index is 13.1. The van der Waals surface area contributed by atoms with Crippen LogP contribution in [-0.4, -0.2) is 62.1 Å². The van der Waals surface area contributed by atoms with Gasteiger partial charge in [-0.1, -0.05) is 0 Å². The summed E-state index contributed by atoms with van der Waals surface area (Å²) in [5.41, 5.74) is 0.686. The van der Waals surface area contributed by atoms with Crippen LogP contribution in [0.2, 0.25) is 0 Å². The van der Waals surface area contributed by atoms with Gasteiger partial charge in [0.15, 0.2) is 11.5 Å². The van der Waals surface area contributed by atoms with Gasteiger partial charge in [0.05, 0.1) is 14.2 Å². The topological polar surface area (TPSA) is 42.0 Å². The first-order valence-corrected chi connectivity index (χ1v) is 9.48. The quantitative estimate of drug-likeness (QED) is 0.793. The normalized spacial score (nSPS) is 21.4. The lowest BCUT2D eigenvalue weighted by atomic mass is 9.98. The fourth-order valence-electron chi connectivity index (χ4n) is 4.04. The summed E-state index contributed by atoms with van der Waals surface area (Å²) in [5.74, 6) is 1.38. The predicted molar refractivity (Wildman–Crippen MR) is 98.5 cm³/mol. The van der Waals surface area contributed by atoms with E-state index in [0.717, 1.165) is 32.4 Å². The second-order valence-corrected chi connectivity index (χ2v) is 7.06. The Labute approximate surface area is 150 Å². The third-order valence-corrected chi connectivity index (χ3v) is 5.50. The van der Waals surface area contributed by atoms with E-state index in [9.17, 15) is 4.79 Å². The van der Waals surface area contributed by atoms with Crippen LogP contribution in [0.4, 0.5) is 0 Å². The molecule has 5 heteroatoms. The zero-order valence-corrected chi connectivity index (χ0v) is 15.5. The minimum atomic E-state index is 0.118. The molecular formula is C20H30N2O3. The van der Waals surface area contributed by atoms with Gasteiger partial charge in [-0.2, -0.15) is 0 Å². The van der Waals surface area contributed by atoms with Gasteiger partial charge in [0, 0.05) is 24.7 Å². The molecule has 2 aliphatic heterocycles. The van der Waals surface area contributed by atoms with Crippen LogP contribution in [0.15, 0.2) is 18.2 Å². The highest BCUT2D eigenvalue weighted by molar-refractivity contribution is 5.95. The molecule has 3 rings (SSSR count). The fraction of sp³-hybridized carbons (Fsp3) is 0.650. The summed E-state index contributed by atoms with van der Waals surface area (Å²) in [5, 5.41) is 0. The second kappa shape index (κ2) is 8.56. The van der Waals surface area contributed by atoms with Crippen molar-refractivity contribution in [3.05, 3.63) is 23.8 Å². The van der Waals surface area contributed by atoms with Crippen molar-refractivity contribution in [2.45, 2.75) is 44.6 Å². The average Bonchev–Trinajstić information content (AvgIpc) is 3.19. The Morgan fingerprint density at radius 1 is 1.04 bits per heavy atom. The van der Waals surface area contributed by atoms with Gasteiger partial charge in [-0.25, -0.2) is 0 Å². The van der Waals surface area contributed by atoms with E-state index in [2.05, 4.69) is 9.80 Å². The Balaban J connectivity index is 1.69. The van der Waals surface area contributed by atoms with Gasteiger partial charge < -0.3 is 19.3 Å². The number of carbonyl (C=O) groups excluding carboxylic acids is 1. The van der Waals surface area contributed by atoms with Crippen LogP contribution >= 0.6 is 0 Å². The summed E-state index contributed by atoms with van der Waals surface area (Å²) >= 11 is 0. The fourth-order valence-corrected chi connectivity index (χ4v) is 4.04. The monoisotopic (exact) mass is 346 g/mol. The molecule has 2 saturated heterocycles. The number of amides is 1. The van der Waals surface area contributed by atoms with Gasteiger partial charge in [0.25, 0.3) is 5.91 Å². The maximum absolute atomic E-state index is 13.1. The maximum Gasteiger partial charge on any atom is 0.254 e. The SMILES string of the molecule is COc1ccc(C(=O)N2CCCC[C@@H]2CCN2CCCC2)cc1OC. The van der Waals surface area contributed by atoms with Crippen LogP contribution in [0, 0.1) is 0 Å². The Morgan fingerprint density at radius 2 is 1.76 bits per heavy atom. The summed E-state index contributed by atoms with van der Waals surface area (Å²) in [6.45, 7) is 4.41. The van der Waals surface area contributed by atoms with Gasteiger partial charge in [-0.15, -0.1) is 0 Å². The van der Waals surface area contributed by atoms with E-state index in [0.29, 0.717) is 23.1 Å². The third kappa shape index (κ3) is 4.27. The largest absolute Gasteiger partial charge is 0.493 e. The molecule has 0 aliphatic carbocycles. The van der Waals surface area contributed by atoms with E-state index in [-0.39, 0.29) is 5.91 Å². The summed E-state index contributed by atoms with van der Waals surface area (Å²) in [7, 11) is 3.21. The van der Waals surface area contributed by atoms with Crippen molar-refractivity contribution < 1.29 is 14.3 Å². The van der Waals surface area contributed by atoms with E-state index in [1.165, 1.54) is 32.4 Å². The summed E-state index contributed by atoms with van der Waals surface area (Å²) in [6.07, 6.45) is 7.16. The molecule has 1 aromatic rings. The van der Waals surface area contributed by atoms with Crippen LogP contribution in [-0.2, 0) is 0 Å². The number of nitrogens with zero attached hydrogens (tertiary/aromatic N) is 2. The number of methoxy groups -OCH3 is 2. The van der Waals surface area contributed by atoms with Crippen molar-refractivity contribution in [2.75, 3.05) is 40.4 Å². The summed E-state index contributed by atoms with van der Waals surface area (Å²) < 4.78 is 10.6. The van der Waals surface area contributed by atoms with Crippen molar-refractivity contribution in [1.82, 2.24) is 9.80 Å². The lowest BCUT2D eigenvalue weighted by Crippen LogP contribution is -2.45. The molecule has 0 saturated carbocycles. The molecule has 0 bridgehead atoms. The Hall–Kier alpha value is -1.75. The third-order valence-electron chi connectivity index (χ3n) is 5.50. The van der Waals surface area contributed by atoms with Gasteiger partial charge in [-0.05, 0) is 69.8 Å². The first-order chi connectivity index (χ1) is 12.2. The molecule has 1 aromatic carbocycles. The lowest BCUT2D eigenvalue weighted by molar-refractivity contribution is 0.0587. The van der Waals surface area contributed by atoms with Crippen LogP contribution < -0.4 is 9.47 Å². The number of piperidine rings is 1. The number of hydrogen-bond donors (Lipinski definition) is 0. The summed E-state index contributed by atoms with van der Waals surface area (Å²) in [6, 6.07) is 5.81. The molecule has 138 valence electrons. The van der Waals surface area contributed by atoms with Crippen molar-refractivity contribution in [2.24, 2.45) is 0 Å². The van der Waals surface area contributed by atoms with Crippen molar-refractivity contribution in [1.29, 1.82) is 0 Å². The van der Waals surface area contributed by atoms with Gasteiger partial charge in [0.1, 0.15) is 0 Å². The first-order valence-electron chi connectivity index (χ1n) is 9.48. The second-order valence-electron chi connectivity index (χ2n) is 7.06. The Morgan fingerprint density at radius 3 is 2.48 bits per heavy atom. The van der Waals surface area contributed by atoms with Crippen molar-refractivity contribution in [3.8, 4) is 11.5 Å². The molecule has 0 aromatic heterocycles. The number of likely N-dealkylation sites (tertiary alicyclic amines) is 2. The lowest BCUT2D eigenvalue weighted by Gasteiger charge is -2.37. The number of rotatable bonds is 6. The molecule has 1 atom stereocenters. The minimum Gasteiger partial charge on any atom is -0.493 e. The van der Waals surface area contributed by atoms with Gasteiger partial charge in [-0.3, -0.25) is 4.79 Å². The van der Waals surface area contributed by atoms with E-state index in [1.807, 2.05) is 12.1 Å². The molecule has 0 spiro atoms. The van der Waals surface area contributed by atoms with Crippen LogP contribution in [0.1, 0.15) is 48.9 Å². The standard InChI is InChI=1S/C20H30N2O3/c1-24-18-9-8-16(15-19(18)25-2)20(23)22-13-4-3-7-17(22)10-14-21-11-5-6-12-21/h8-9,15,17H,3-7,10-14H2,1-2H3/t17-/m1/s1. The molecule has 0 N–H and O–H groups in total. The molecule has 25 heavy (non-hydrogen) atoms. The average molecular weight is 346 g/mol. The van der Waals surface area contributed by atoms with Crippen LogP contribution in [0.3, 0.4) is 0 Å². The molecule has 0 radical (unpaired) electrons. The first kappa shape index (κ1) is 18.1. The predicted octanol–water partition coefficient (Wildman–Crippen LogP) is 3.18. The molecule has 2 heterocycles. The molecule has 2 fully saturated rings. The highest BCUT2D eigenvalue weighted by Crippen LogP contribution is 2.29. The summed E-state index contributed by atoms with van der Waals surface area (Å²) in [4.78, 5) is 17.7. The highest BCUT2D eigenvalue weighted by Gasteiger charge is 2.28. The van der Waals surface area contributed by atoms with Crippen LogP contribution in [0.25, 0.3) is 0 Å². The molecular weight excluding hydrogens is 316 g/mol. The molecule has 2 aliphatic rings. The Bertz CT molecular complexity index is 584. The van der Waals surface area contributed by atoms with Gasteiger partial charge in [0.2, 0.25) is 0 Å². The minimum absolute atomic E-state index is 0.118. The Kier molecular flexibility index (Phi) is 6.19. The zero-order valence-electron chi connectivity index (χ0n) is 15.5. The number of hydrogen-bond acceptors (Lipinski definition) is 4. The van der Waals surface area contributed by atoms with E-state index < -0.39 is 0 Å². The van der Waals surface area contributed by atoms with Crippen molar-refractivity contribution in [3.63, 3.8) is 0 Å². The van der Waals surface area contributed by atoms with Crippen molar-refractivity contribution >= 4 is 5.91 Å². The molecule has 0 unspecified atom stereocenters. The van der Waals surface area contributed by atoms with E-state index in [4.69, 9.17) is 9.47 Å². The highest BCUT2D eigenvalue weighted by atomic mass is 16.5. The van der Waals surface area contributed by atoms with E-state index >= 15 is 0 Å². The number of carbonyl (C=O) groups is 1. The number of ether oxygens (including phenoxy) is 2. The van der Waals surface area contributed by atoms with Gasteiger partial charge >= 0.3 is 0 Å². The number of benzene rings is 1. The smallest absolute Gasteiger partial charge is 0.254 e. The van der Waals surface area contributed by atoms with E-state index in [1.54, 1.807) is 20.3 Å². The molecule has 5 nitrogen and oxygen atoms in total. The van der Waals surface area contributed by atoms with Crippen LogP contribution in [0.5, 0.6) is 11.5 Å². The molecule has 1 amide bonds.